The average molecular weight is 288 g/mol. The number of pyridine rings is 1. The molecule has 0 atom stereocenters. The van der Waals surface area contributed by atoms with Gasteiger partial charge in [0.25, 0.3) is 0 Å². The normalized spacial score (nSPS) is 10.0. The molecule has 0 aliphatic heterocycles. The number of nitro groups is 1. The van der Waals surface area contributed by atoms with Crippen molar-refractivity contribution in [3.8, 4) is 5.75 Å². The topological polar surface area (TPSA) is 89.3 Å². The first-order valence-corrected chi connectivity index (χ1v) is 6.30. The summed E-state index contributed by atoms with van der Waals surface area (Å²) in [6, 6.07) is 8.40. The SMILES string of the molecule is CNc1ccc([N+](=O)[O-])c(Nc2ccc(OC)cc2C)n1. The summed E-state index contributed by atoms with van der Waals surface area (Å²) >= 11 is 0. The monoisotopic (exact) mass is 288 g/mol. The molecule has 0 unspecified atom stereocenters. The molecule has 0 spiro atoms. The first-order valence-electron chi connectivity index (χ1n) is 6.30. The molecule has 2 rings (SSSR count). The van der Waals surface area contributed by atoms with Gasteiger partial charge in [-0.3, -0.25) is 10.1 Å². The minimum Gasteiger partial charge on any atom is -0.497 e. The highest BCUT2D eigenvalue weighted by Crippen LogP contribution is 2.29. The van der Waals surface area contributed by atoms with Crippen LogP contribution < -0.4 is 15.4 Å². The maximum absolute atomic E-state index is 11.1. The number of anilines is 3. The van der Waals surface area contributed by atoms with E-state index in [1.54, 1.807) is 32.4 Å². The molecule has 7 heteroatoms. The first-order chi connectivity index (χ1) is 10.0. The molecular weight excluding hydrogens is 272 g/mol. The van der Waals surface area contributed by atoms with Gasteiger partial charge >= 0.3 is 5.69 Å². The summed E-state index contributed by atoms with van der Waals surface area (Å²) < 4.78 is 5.14. The van der Waals surface area contributed by atoms with E-state index >= 15 is 0 Å². The number of aryl methyl sites for hydroxylation is 1. The third kappa shape index (κ3) is 3.19. The van der Waals surface area contributed by atoms with Crippen molar-refractivity contribution in [2.24, 2.45) is 0 Å². The van der Waals surface area contributed by atoms with Crippen molar-refractivity contribution in [1.82, 2.24) is 4.98 Å². The summed E-state index contributed by atoms with van der Waals surface area (Å²) in [5.41, 5.74) is 1.56. The zero-order valence-electron chi connectivity index (χ0n) is 12.0. The van der Waals surface area contributed by atoms with Gasteiger partial charge in [0.2, 0.25) is 5.82 Å². The predicted octanol–water partition coefficient (Wildman–Crippen LogP) is 3.09. The van der Waals surface area contributed by atoms with Gasteiger partial charge in [-0.1, -0.05) is 0 Å². The molecule has 2 aromatic rings. The highest BCUT2D eigenvalue weighted by Gasteiger charge is 2.16. The van der Waals surface area contributed by atoms with Crippen LogP contribution in [0.3, 0.4) is 0 Å². The molecule has 21 heavy (non-hydrogen) atoms. The van der Waals surface area contributed by atoms with Gasteiger partial charge in [-0.05, 0) is 36.8 Å². The quantitative estimate of drug-likeness (QED) is 0.649. The van der Waals surface area contributed by atoms with Crippen LogP contribution in [-0.2, 0) is 0 Å². The van der Waals surface area contributed by atoms with Crippen molar-refractivity contribution in [2.45, 2.75) is 6.92 Å². The van der Waals surface area contributed by atoms with Gasteiger partial charge in [0.05, 0.1) is 12.0 Å². The minimum absolute atomic E-state index is 0.0794. The van der Waals surface area contributed by atoms with E-state index in [-0.39, 0.29) is 11.5 Å². The second-order valence-electron chi connectivity index (χ2n) is 4.38. The molecule has 1 heterocycles. The lowest BCUT2D eigenvalue weighted by Crippen LogP contribution is -2.03. The Hall–Kier alpha value is -2.83. The molecule has 110 valence electrons. The van der Waals surface area contributed by atoms with Crippen LogP contribution in [0.5, 0.6) is 5.75 Å². The summed E-state index contributed by atoms with van der Waals surface area (Å²) in [6.45, 7) is 1.89. The Kier molecular flexibility index (Phi) is 4.22. The van der Waals surface area contributed by atoms with Gasteiger partial charge < -0.3 is 15.4 Å². The number of methoxy groups -OCH3 is 1. The van der Waals surface area contributed by atoms with Crippen LogP contribution in [0.25, 0.3) is 0 Å². The Balaban J connectivity index is 2.40. The fraction of sp³-hybridized carbons (Fsp3) is 0.214. The van der Waals surface area contributed by atoms with Crippen LogP contribution in [0.2, 0.25) is 0 Å². The highest BCUT2D eigenvalue weighted by atomic mass is 16.6. The van der Waals surface area contributed by atoms with E-state index in [0.29, 0.717) is 5.82 Å². The molecule has 2 N–H and O–H groups in total. The molecule has 0 saturated carbocycles. The number of nitrogens with zero attached hydrogens (tertiary/aromatic N) is 2. The standard InChI is InChI=1S/C14H16N4O3/c1-9-8-10(21-3)4-5-11(9)16-14-12(18(19)20)6-7-13(15-2)17-14/h4-8H,1-3H3,(H2,15,16,17). The fourth-order valence-electron chi connectivity index (χ4n) is 1.86. The zero-order valence-corrected chi connectivity index (χ0v) is 12.0. The van der Waals surface area contributed by atoms with Crippen molar-refractivity contribution in [1.29, 1.82) is 0 Å². The Morgan fingerprint density at radius 3 is 2.62 bits per heavy atom. The molecule has 7 nitrogen and oxygen atoms in total. The van der Waals surface area contributed by atoms with Crippen molar-refractivity contribution in [2.75, 3.05) is 24.8 Å². The fourth-order valence-corrected chi connectivity index (χ4v) is 1.86. The van der Waals surface area contributed by atoms with Crippen LogP contribution in [0, 0.1) is 17.0 Å². The summed E-state index contributed by atoms with van der Waals surface area (Å²) in [5, 5.41) is 16.9. The minimum atomic E-state index is -0.465. The van der Waals surface area contributed by atoms with E-state index in [1.165, 1.54) is 6.07 Å². The van der Waals surface area contributed by atoms with Gasteiger partial charge in [-0.15, -0.1) is 0 Å². The highest BCUT2D eigenvalue weighted by molar-refractivity contribution is 5.70. The molecule has 0 aliphatic carbocycles. The van der Waals surface area contributed by atoms with E-state index in [9.17, 15) is 10.1 Å². The Morgan fingerprint density at radius 1 is 1.29 bits per heavy atom. The molecule has 0 radical (unpaired) electrons. The van der Waals surface area contributed by atoms with Gasteiger partial charge in [-0.25, -0.2) is 4.98 Å². The molecule has 1 aromatic heterocycles. The van der Waals surface area contributed by atoms with Crippen LogP contribution in [0.15, 0.2) is 30.3 Å². The second-order valence-corrected chi connectivity index (χ2v) is 4.38. The first kappa shape index (κ1) is 14.6. The molecule has 0 bridgehead atoms. The van der Waals surface area contributed by atoms with Crippen LogP contribution in [0.1, 0.15) is 5.56 Å². The summed E-state index contributed by atoms with van der Waals surface area (Å²) in [5.74, 6) is 1.47. The molecule has 1 aromatic carbocycles. The lowest BCUT2D eigenvalue weighted by molar-refractivity contribution is -0.384. The zero-order chi connectivity index (χ0) is 15.4. The number of rotatable bonds is 5. The average Bonchev–Trinajstić information content (AvgIpc) is 2.48. The number of hydrogen-bond acceptors (Lipinski definition) is 6. The number of aromatic nitrogens is 1. The van der Waals surface area contributed by atoms with E-state index in [4.69, 9.17) is 4.74 Å². The summed E-state index contributed by atoms with van der Waals surface area (Å²) in [6.07, 6.45) is 0. The Labute approximate surface area is 122 Å². The maximum atomic E-state index is 11.1. The number of nitrogens with one attached hydrogen (secondary N) is 2. The molecule has 0 saturated heterocycles. The molecule has 0 amide bonds. The Morgan fingerprint density at radius 2 is 2.05 bits per heavy atom. The van der Waals surface area contributed by atoms with Crippen molar-refractivity contribution >= 4 is 23.0 Å². The van der Waals surface area contributed by atoms with E-state index in [2.05, 4.69) is 15.6 Å². The van der Waals surface area contributed by atoms with Crippen LogP contribution >= 0.6 is 0 Å². The van der Waals surface area contributed by atoms with E-state index in [1.807, 2.05) is 13.0 Å². The van der Waals surface area contributed by atoms with Gasteiger partial charge in [0.15, 0.2) is 0 Å². The number of benzene rings is 1. The van der Waals surface area contributed by atoms with Crippen molar-refractivity contribution < 1.29 is 9.66 Å². The third-order valence-electron chi connectivity index (χ3n) is 3.01. The van der Waals surface area contributed by atoms with Crippen molar-refractivity contribution in [3.05, 3.63) is 46.0 Å². The van der Waals surface area contributed by atoms with Crippen LogP contribution in [0.4, 0.5) is 23.0 Å². The lowest BCUT2D eigenvalue weighted by Gasteiger charge is -2.11. The molecule has 0 fully saturated rings. The smallest absolute Gasteiger partial charge is 0.311 e. The summed E-state index contributed by atoms with van der Waals surface area (Å²) in [7, 11) is 3.29. The van der Waals surface area contributed by atoms with Gasteiger partial charge in [-0.2, -0.15) is 0 Å². The van der Waals surface area contributed by atoms with Crippen molar-refractivity contribution in [3.63, 3.8) is 0 Å². The number of ether oxygens (including phenoxy) is 1. The summed E-state index contributed by atoms with van der Waals surface area (Å²) in [4.78, 5) is 14.8. The Bertz CT molecular complexity index is 673. The maximum Gasteiger partial charge on any atom is 0.311 e. The molecule has 0 aliphatic rings. The molecular formula is C14H16N4O3. The van der Waals surface area contributed by atoms with Gasteiger partial charge in [0.1, 0.15) is 11.6 Å². The lowest BCUT2D eigenvalue weighted by atomic mass is 10.2. The largest absolute Gasteiger partial charge is 0.497 e. The third-order valence-corrected chi connectivity index (χ3v) is 3.01. The van der Waals surface area contributed by atoms with E-state index < -0.39 is 4.92 Å². The van der Waals surface area contributed by atoms with Crippen LogP contribution in [-0.4, -0.2) is 24.1 Å². The predicted molar refractivity (Wildman–Crippen MR) is 81.5 cm³/mol. The second kappa shape index (κ2) is 6.08. The van der Waals surface area contributed by atoms with Gasteiger partial charge in [0, 0.05) is 18.8 Å². The van der Waals surface area contributed by atoms with E-state index in [0.717, 1.165) is 17.0 Å². The number of hydrogen-bond donors (Lipinski definition) is 2.